The zero-order chi connectivity index (χ0) is 12.0. The van der Waals surface area contributed by atoms with Crippen molar-refractivity contribution in [3.8, 4) is 0 Å². The van der Waals surface area contributed by atoms with Crippen molar-refractivity contribution < 1.29 is 4.79 Å². The third kappa shape index (κ3) is 3.49. The first-order valence-corrected chi connectivity index (χ1v) is 5.55. The van der Waals surface area contributed by atoms with Crippen LogP contribution in [0.4, 0.5) is 5.82 Å². The Morgan fingerprint density at radius 1 is 1.44 bits per heavy atom. The number of nitrogens with two attached hydrogens (primary N) is 1. The Morgan fingerprint density at radius 3 is 2.69 bits per heavy atom. The molecule has 1 rings (SSSR count). The second-order valence-corrected chi connectivity index (χ2v) is 3.69. The first-order valence-electron chi connectivity index (χ1n) is 5.55. The lowest BCUT2D eigenvalue weighted by Gasteiger charge is -2.15. The second-order valence-electron chi connectivity index (χ2n) is 3.69. The van der Waals surface area contributed by atoms with E-state index in [0.717, 1.165) is 19.3 Å². The van der Waals surface area contributed by atoms with Crippen LogP contribution in [0.2, 0.25) is 0 Å². The normalized spacial score (nSPS) is 12.1. The van der Waals surface area contributed by atoms with E-state index in [9.17, 15) is 4.79 Å². The van der Waals surface area contributed by atoms with Crippen molar-refractivity contribution in [1.29, 1.82) is 0 Å². The molecular formula is C11H18N4O. The fourth-order valence-electron chi connectivity index (χ4n) is 1.44. The number of nitrogen functional groups attached to an aromatic ring is 1. The van der Waals surface area contributed by atoms with Gasteiger partial charge in [-0.05, 0) is 12.8 Å². The summed E-state index contributed by atoms with van der Waals surface area (Å²) in [5, 5.41) is 2.92. The molecule has 88 valence electrons. The van der Waals surface area contributed by atoms with Gasteiger partial charge >= 0.3 is 0 Å². The highest BCUT2D eigenvalue weighted by atomic mass is 16.1. The van der Waals surface area contributed by atoms with Gasteiger partial charge in [0.15, 0.2) is 0 Å². The van der Waals surface area contributed by atoms with E-state index in [4.69, 9.17) is 5.73 Å². The van der Waals surface area contributed by atoms with Gasteiger partial charge in [0.05, 0.1) is 12.4 Å². The molecule has 0 aliphatic carbocycles. The van der Waals surface area contributed by atoms with Crippen LogP contribution in [-0.4, -0.2) is 21.9 Å². The number of hydrogen-bond donors (Lipinski definition) is 2. The maximum atomic E-state index is 11.7. The van der Waals surface area contributed by atoms with Gasteiger partial charge in [0.25, 0.3) is 5.91 Å². The van der Waals surface area contributed by atoms with Crippen molar-refractivity contribution in [3.63, 3.8) is 0 Å². The number of carbonyl (C=O) groups is 1. The molecule has 1 aromatic rings. The van der Waals surface area contributed by atoms with Crippen LogP contribution in [0.25, 0.3) is 0 Å². The summed E-state index contributed by atoms with van der Waals surface area (Å²) in [6.45, 7) is 4.15. The summed E-state index contributed by atoms with van der Waals surface area (Å²) in [6.07, 6.45) is 5.72. The number of nitrogens with one attached hydrogen (secondary N) is 1. The van der Waals surface area contributed by atoms with Gasteiger partial charge in [0.2, 0.25) is 0 Å². The SMILES string of the molecule is CCCC(CC)NC(=O)c1cnc(N)cn1. The van der Waals surface area contributed by atoms with Gasteiger partial charge < -0.3 is 11.1 Å². The summed E-state index contributed by atoms with van der Waals surface area (Å²) < 4.78 is 0. The molecule has 0 saturated heterocycles. The molecule has 0 radical (unpaired) electrons. The van der Waals surface area contributed by atoms with Crippen molar-refractivity contribution in [2.75, 3.05) is 5.73 Å². The lowest BCUT2D eigenvalue weighted by atomic mass is 10.1. The molecule has 0 spiro atoms. The fraction of sp³-hybridized carbons (Fsp3) is 0.545. The van der Waals surface area contributed by atoms with Crippen LogP contribution >= 0.6 is 0 Å². The molecule has 5 heteroatoms. The predicted molar refractivity (Wildman–Crippen MR) is 62.9 cm³/mol. The van der Waals surface area contributed by atoms with Gasteiger partial charge in [-0.15, -0.1) is 0 Å². The topological polar surface area (TPSA) is 80.9 Å². The highest BCUT2D eigenvalue weighted by Crippen LogP contribution is 2.03. The molecule has 1 aromatic heterocycles. The molecule has 0 aliphatic heterocycles. The third-order valence-corrected chi connectivity index (χ3v) is 2.37. The summed E-state index contributed by atoms with van der Waals surface area (Å²) in [5.74, 6) is 0.130. The largest absolute Gasteiger partial charge is 0.382 e. The fourth-order valence-corrected chi connectivity index (χ4v) is 1.44. The maximum Gasteiger partial charge on any atom is 0.271 e. The minimum atomic E-state index is -0.187. The van der Waals surface area contributed by atoms with Crippen LogP contribution in [0.3, 0.4) is 0 Å². The highest BCUT2D eigenvalue weighted by Gasteiger charge is 2.12. The van der Waals surface area contributed by atoms with Crippen LogP contribution in [0, 0.1) is 0 Å². The molecule has 0 aliphatic rings. The van der Waals surface area contributed by atoms with Crippen LogP contribution < -0.4 is 11.1 Å². The molecule has 1 amide bonds. The van der Waals surface area contributed by atoms with Gasteiger partial charge in [0, 0.05) is 6.04 Å². The average Bonchev–Trinajstić information content (AvgIpc) is 2.29. The van der Waals surface area contributed by atoms with E-state index in [-0.39, 0.29) is 11.9 Å². The molecule has 5 nitrogen and oxygen atoms in total. The van der Waals surface area contributed by atoms with Crippen molar-refractivity contribution in [2.45, 2.75) is 39.2 Å². The smallest absolute Gasteiger partial charge is 0.271 e. The lowest BCUT2D eigenvalue weighted by molar-refractivity contribution is 0.0928. The highest BCUT2D eigenvalue weighted by molar-refractivity contribution is 5.92. The third-order valence-electron chi connectivity index (χ3n) is 2.37. The van der Waals surface area contributed by atoms with E-state index in [0.29, 0.717) is 11.5 Å². The van der Waals surface area contributed by atoms with E-state index in [1.54, 1.807) is 0 Å². The summed E-state index contributed by atoms with van der Waals surface area (Å²) in [4.78, 5) is 19.5. The Labute approximate surface area is 95.5 Å². The van der Waals surface area contributed by atoms with Crippen molar-refractivity contribution in [2.24, 2.45) is 0 Å². The van der Waals surface area contributed by atoms with Crippen molar-refractivity contribution >= 4 is 11.7 Å². The maximum absolute atomic E-state index is 11.7. The predicted octanol–water partition coefficient (Wildman–Crippen LogP) is 1.37. The van der Waals surface area contributed by atoms with Crippen LogP contribution in [0.5, 0.6) is 0 Å². The van der Waals surface area contributed by atoms with Gasteiger partial charge in [-0.25, -0.2) is 9.97 Å². The molecule has 0 saturated carbocycles. The molecule has 0 aromatic carbocycles. The van der Waals surface area contributed by atoms with E-state index in [2.05, 4.69) is 29.1 Å². The minimum absolute atomic E-state index is 0.187. The van der Waals surface area contributed by atoms with Crippen LogP contribution in [0.15, 0.2) is 12.4 Å². The number of amides is 1. The van der Waals surface area contributed by atoms with Gasteiger partial charge in [0.1, 0.15) is 11.5 Å². The summed E-state index contributed by atoms with van der Waals surface area (Å²) in [7, 11) is 0. The van der Waals surface area contributed by atoms with Crippen LogP contribution in [-0.2, 0) is 0 Å². The number of carbonyl (C=O) groups excluding carboxylic acids is 1. The average molecular weight is 222 g/mol. The molecule has 0 bridgehead atoms. The van der Waals surface area contributed by atoms with Crippen molar-refractivity contribution in [1.82, 2.24) is 15.3 Å². The lowest BCUT2D eigenvalue weighted by Crippen LogP contribution is -2.34. The van der Waals surface area contributed by atoms with E-state index >= 15 is 0 Å². The summed E-state index contributed by atoms with van der Waals surface area (Å²) in [6, 6.07) is 0.205. The van der Waals surface area contributed by atoms with Crippen LogP contribution in [0.1, 0.15) is 43.6 Å². The first-order chi connectivity index (χ1) is 7.67. The molecule has 1 unspecified atom stereocenters. The quantitative estimate of drug-likeness (QED) is 0.788. The molecule has 16 heavy (non-hydrogen) atoms. The Bertz CT molecular complexity index is 336. The molecule has 1 atom stereocenters. The Morgan fingerprint density at radius 2 is 2.19 bits per heavy atom. The number of nitrogens with zero attached hydrogens (tertiary/aromatic N) is 2. The molecule has 3 N–H and O–H groups in total. The molecule has 0 fully saturated rings. The van der Waals surface area contributed by atoms with E-state index in [1.165, 1.54) is 12.4 Å². The Hall–Kier alpha value is -1.65. The first kappa shape index (κ1) is 12.4. The second kappa shape index (κ2) is 6.05. The van der Waals surface area contributed by atoms with Gasteiger partial charge in [-0.3, -0.25) is 4.79 Å². The van der Waals surface area contributed by atoms with Crippen molar-refractivity contribution in [3.05, 3.63) is 18.1 Å². The number of hydrogen-bond acceptors (Lipinski definition) is 4. The number of anilines is 1. The number of rotatable bonds is 5. The van der Waals surface area contributed by atoms with Gasteiger partial charge in [-0.2, -0.15) is 0 Å². The van der Waals surface area contributed by atoms with E-state index in [1.807, 2.05) is 0 Å². The minimum Gasteiger partial charge on any atom is -0.382 e. The van der Waals surface area contributed by atoms with Gasteiger partial charge in [-0.1, -0.05) is 20.3 Å². The molecular weight excluding hydrogens is 204 g/mol. The Kier molecular flexibility index (Phi) is 4.69. The standard InChI is InChI=1S/C11H18N4O/c1-3-5-8(4-2)15-11(16)9-6-14-10(12)7-13-9/h6-8H,3-5H2,1-2H3,(H2,12,14)(H,15,16). The summed E-state index contributed by atoms with van der Waals surface area (Å²) in [5.41, 5.74) is 5.71. The number of aromatic nitrogens is 2. The molecule has 1 heterocycles. The monoisotopic (exact) mass is 222 g/mol. The summed E-state index contributed by atoms with van der Waals surface area (Å²) >= 11 is 0. The van der Waals surface area contributed by atoms with E-state index < -0.39 is 0 Å². The Balaban J connectivity index is 2.60. The zero-order valence-electron chi connectivity index (χ0n) is 9.73. The zero-order valence-corrected chi connectivity index (χ0v) is 9.73.